The van der Waals surface area contributed by atoms with Gasteiger partial charge in [0.05, 0.1) is 0 Å². The van der Waals surface area contributed by atoms with Crippen LogP contribution in [0.1, 0.15) is 12.0 Å². The highest BCUT2D eigenvalue weighted by Crippen LogP contribution is 2.19. The van der Waals surface area contributed by atoms with E-state index in [-0.39, 0.29) is 0 Å². The maximum absolute atomic E-state index is 5.89. The molecule has 1 rings (SSSR count). The molecular weight excluding hydrogens is 224 g/mol. The van der Waals surface area contributed by atoms with Gasteiger partial charge < -0.3 is 15.4 Å². The number of nitrogens with zero attached hydrogens (tertiary/aromatic N) is 1. The van der Waals surface area contributed by atoms with Crippen molar-refractivity contribution in [1.82, 2.24) is 4.90 Å². The van der Waals surface area contributed by atoms with Crippen molar-refractivity contribution in [3.63, 3.8) is 0 Å². The minimum absolute atomic E-state index is 0.684. The summed E-state index contributed by atoms with van der Waals surface area (Å²) in [5, 5.41) is 0.684. The number of methoxy groups -OCH3 is 1. The summed E-state index contributed by atoms with van der Waals surface area (Å²) in [6.07, 6.45) is 1.03. The predicted octanol–water partition coefficient (Wildman–Crippen LogP) is 2.39. The largest absolute Gasteiger partial charge is 0.398 e. The van der Waals surface area contributed by atoms with Gasteiger partial charge >= 0.3 is 0 Å². The Morgan fingerprint density at radius 3 is 2.81 bits per heavy atom. The summed E-state index contributed by atoms with van der Waals surface area (Å²) in [7, 11) is 3.79. The van der Waals surface area contributed by atoms with Crippen LogP contribution in [-0.4, -0.2) is 32.2 Å². The van der Waals surface area contributed by atoms with Crippen molar-refractivity contribution in [2.24, 2.45) is 0 Å². The van der Waals surface area contributed by atoms with Gasteiger partial charge in [0, 0.05) is 37.5 Å². The Morgan fingerprint density at radius 2 is 2.19 bits per heavy atom. The molecule has 90 valence electrons. The molecule has 0 heterocycles. The molecule has 0 aliphatic rings. The minimum Gasteiger partial charge on any atom is -0.398 e. The van der Waals surface area contributed by atoms with Crippen molar-refractivity contribution in [3.8, 4) is 0 Å². The zero-order valence-corrected chi connectivity index (χ0v) is 10.6. The van der Waals surface area contributed by atoms with E-state index < -0.39 is 0 Å². The van der Waals surface area contributed by atoms with E-state index in [2.05, 4.69) is 11.9 Å². The van der Waals surface area contributed by atoms with Crippen LogP contribution in [0, 0.1) is 0 Å². The summed E-state index contributed by atoms with van der Waals surface area (Å²) >= 11 is 5.85. The Labute approximate surface area is 102 Å². The molecule has 0 unspecified atom stereocenters. The molecule has 0 radical (unpaired) electrons. The highest BCUT2D eigenvalue weighted by molar-refractivity contribution is 6.30. The van der Waals surface area contributed by atoms with Crippen LogP contribution in [0.25, 0.3) is 0 Å². The molecule has 0 atom stereocenters. The van der Waals surface area contributed by atoms with Gasteiger partial charge in [-0.1, -0.05) is 17.7 Å². The average Bonchev–Trinajstić information content (AvgIpc) is 2.23. The molecule has 0 spiro atoms. The third-order valence-electron chi connectivity index (χ3n) is 2.44. The van der Waals surface area contributed by atoms with Crippen LogP contribution in [0.2, 0.25) is 5.02 Å². The molecule has 0 amide bonds. The lowest BCUT2D eigenvalue weighted by Crippen LogP contribution is -2.20. The normalized spacial score (nSPS) is 11.0. The lowest BCUT2D eigenvalue weighted by molar-refractivity contribution is 0.178. The SMILES string of the molecule is COCCCN(C)Cc1ccc(Cl)cc1N. The van der Waals surface area contributed by atoms with E-state index in [0.29, 0.717) is 5.02 Å². The molecular formula is C12H19ClN2O. The summed E-state index contributed by atoms with van der Waals surface area (Å²) in [6.45, 7) is 2.63. The summed E-state index contributed by atoms with van der Waals surface area (Å²) in [5.74, 6) is 0. The van der Waals surface area contributed by atoms with Crippen LogP contribution >= 0.6 is 11.6 Å². The van der Waals surface area contributed by atoms with Crippen LogP contribution in [-0.2, 0) is 11.3 Å². The number of hydrogen-bond acceptors (Lipinski definition) is 3. The topological polar surface area (TPSA) is 38.5 Å². The first kappa shape index (κ1) is 13.3. The molecule has 0 saturated carbocycles. The fourth-order valence-corrected chi connectivity index (χ4v) is 1.74. The van der Waals surface area contributed by atoms with E-state index in [4.69, 9.17) is 22.1 Å². The van der Waals surface area contributed by atoms with Crippen molar-refractivity contribution in [2.75, 3.05) is 33.0 Å². The fourth-order valence-electron chi connectivity index (χ4n) is 1.56. The van der Waals surface area contributed by atoms with Crippen LogP contribution < -0.4 is 5.73 Å². The van der Waals surface area contributed by atoms with Gasteiger partial charge in [0.2, 0.25) is 0 Å². The number of anilines is 1. The monoisotopic (exact) mass is 242 g/mol. The van der Waals surface area contributed by atoms with Gasteiger partial charge in [0.15, 0.2) is 0 Å². The summed E-state index contributed by atoms with van der Waals surface area (Å²) in [4.78, 5) is 2.22. The van der Waals surface area contributed by atoms with Crippen LogP contribution in [0.3, 0.4) is 0 Å². The number of hydrogen-bond donors (Lipinski definition) is 1. The third kappa shape index (κ3) is 4.39. The van der Waals surface area contributed by atoms with Crippen molar-refractivity contribution in [1.29, 1.82) is 0 Å². The molecule has 0 aromatic heterocycles. The molecule has 0 bridgehead atoms. The van der Waals surface area contributed by atoms with Gasteiger partial charge in [-0.15, -0.1) is 0 Å². The standard InChI is InChI=1S/C12H19ClN2O/c1-15(6-3-7-16-2)9-10-4-5-11(13)8-12(10)14/h4-5,8H,3,6-7,9,14H2,1-2H3. The van der Waals surface area contributed by atoms with Gasteiger partial charge in [0.25, 0.3) is 0 Å². The highest BCUT2D eigenvalue weighted by atomic mass is 35.5. The van der Waals surface area contributed by atoms with Gasteiger partial charge in [-0.05, 0) is 31.2 Å². The first-order valence-corrected chi connectivity index (χ1v) is 5.72. The predicted molar refractivity (Wildman–Crippen MR) is 68.7 cm³/mol. The van der Waals surface area contributed by atoms with Gasteiger partial charge in [-0.2, -0.15) is 0 Å². The van der Waals surface area contributed by atoms with Crippen LogP contribution in [0.4, 0.5) is 5.69 Å². The Kier molecular flexibility index (Phi) is 5.60. The molecule has 3 nitrogen and oxygen atoms in total. The Morgan fingerprint density at radius 1 is 1.44 bits per heavy atom. The number of halogens is 1. The van der Waals surface area contributed by atoms with Crippen LogP contribution in [0.5, 0.6) is 0 Å². The van der Waals surface area contributed by atoms with E-state index in [9.17, 15) is 0 Å². The zero-order valence-electron chi connectivity index (χ0n) is 9.87. The van der Waals surface area contributed by atoms with E-state index in [0.717, 1.165) is 37.4 Å². The van der Waals surface area contributed by atoms with Gasteiger partial charge in [-0.25, -0.2) is 0 Å². The fraction of sp³-hybridized carbons (Fsp3) is 0.500. The quantitative estimate of drug-likeness (QED) is 0.615. The maximum Gasteiger partial charge on any atom is 0.0474 e. The van der Waals surface area contributed by atoms with Crippen molar-refractivity contribution >= 4 is 17.3 Å². The second-order valence-corrected chi connectivity index (χ2v) is 4.36. The van der Waals surface area contributed by atoms with E-state index in [1.54, 1.807) is 13.2 Å². The molecule has 0 aliphatic heterocycles. The zero-order chi connectivity index (χ0) is 12.0. The second kappa shape index (κ2) is 6.74. The molecule has 1 aromatic carbocycles. The molecule has 2 N–H and O–H groups in total. The van der Waals surface area contributed by atoms with E-state index >= 15 is 0 Å². The lowest BCUT2D eigenvalue weighted by Gasteiger charge is -2.17. The Bertz CT molecular complexity index is 331. The molecule has 0 aliphatic carbocycles. The van der Waals surface area contributed by atoms with Crippen molar-refractivity contribution < 1.29 is 4.74 Å². The Balaban J connectivity index is 2.46. The average molecular weight is 243 g/mol. The van der Waals surface area contributed by atoms with Gasteiger partial charge in [0.1, 0.15) is 0 Å². The summed E-state index contributed by atoms with van der Waals surface area (Å²) in [6, 6.07) is 5.64. The Hall–Kier alpha value is -0.770. The van der Waals surface area contributed by atoms with Crippen molar-refractivity contribution in [3.05, 3.63) is 28.8 Å². The smallest absolute Gasteiger partial charge is 0.0474 e. The number of benzene rings is 1. The molecule has 0 fully saturated rings. The minimum atomic E-state index is 0.684. The highest BCUT2D eigenvalue weighted by Gasteiger charge is 2.04. The second-order valence-electron chi connectivity index (χ2n) is 3.93. The first-order chi connectivity index (χ1) is 7.63. The molecule has 16 heavy (non-hydrogen) atoms. The molecule has 1 aromatic rings. The number of nitrogen functional groups attached to an aromatic ring is 1. The number of rotatable bonds is 6. The summed E-state index contributed by atoms with van der Waals surface area (Å²) in [5.41, 5.74) is 7.76. The molecule has 0 saturated heterocycles. The van der Waals surface area contributed by atoms with E-state index in [1.165, 1.54) is 0 Å². The van der Waals surface area contributed by atoms with Crippen molar-refractivity contribution in [2.45, 2.75) is 13.0 Å². The first-order valence-electron chi connectivity index (χ1n) is 5.35. The number of ether oxygens (including phenoxy) is 1. The lowest BCUT2D eigenvalue weighted by atomic mass is 10.1. The van der Waals surface area contributed by atoms with E-state index in [1.807, 2.05) is 12.1 Å². The van der Waals surface area contributed by atoms with Gasteiger partial charge in [-0.3, -0.25) is 0 Å². The maximum atomic E-state index is 5.89. The van der Waals surface area contributed by atoms with Crippen LogP contribution in [0.15, 0.2) is 18.2 Å². The third-order valence-corrected chi connectivity index (χ3v) is 2.67. The summed E-state index contributed by atoms with van der Waals surface area (Å²) < 4.78 is 5.01. The number of nitrogens with two attached hydrogens (primary N) is 1. The molecule has 4 heteroatoms.